The molecule has 1 aromatic carbocycles. The van der Waals surface area contributed by atoms with Gasteiger partial charge in [0.15, 0.2) is 0 Å². The van der Waals surface area contributed by atoms with Gasteiger partial charge in [0.25, 0.3) is 0 Å². The van der Waals surface area contributed by atoms with Crippen LogP contribution in [0, 0.1) is 11.3 Å². The van der Waals surface area contributed by atoms with E-state index in [4.69, 9.17) is 15.7 Å². The van der Waals surface area contributed by atoms with Crippen molar-refractivity contribution in [3.63, 3.8) is 0 Å². The largest absolute Gasteiger partial charge is 0.497 e. The number of hydrogen-bond donors (Lipinski definition) is 1. The van der Waals surface area contributed by atoms with E-state index in [9.17, 15) is 0 Å². The highest BCUT2D eigenvalue weighted by molar-refractivity contribution is 5.50. The summed E-state index contributed by atoms with van der Waals surface area (Å²) in [5, 5.41) is 8.86. The van der Waals surface area contributed by atoms with Crippen molar-refractivity contribution in [2.75, 3.05) is 25.6 Å². The highest BCUT2D eigenvalue weighted by Crippen LogP contribution is 2.20. The lowest BCUT2D eigenvalue weighted by molar-refractivity contribution is 0.414. The minimum atomic E-state index is -0.849. The van der Waals surface area contributed by atoms with Gasteiger partial charge >= 0.3 is 0 Å². The second-order valence-electron chi connectivity index (χ2n) is 4.09. The van der Waals surface area contributed by atoms with Crippen LogP contribution >= 0.6 is 0 Å². The molecule has 0 fully saturated rings. The van der Waals surface area contributed by atoms with Crippen LogP contribution in [0.2, 0.25) is 0 Å². The van der Waals surface area contributed by atoms with Crippen molar-refractivity contribution in [3.8, 4) is 11.8 Å². The van der Waals surface area contributed by atoms with Crippen molar-refractivity contribution in [1.82, 2.24) is 0 Å². The number of nitriles is 1. The molecule has 0 amide bonds. The second-order valence-corrected chi connectivity index (χ2v) is 4.09. The summed E-state index contributed by atoms with van der Waals surface area (Å²) >= 11 is 0. The van der Waals surface area contributed by atoms with Crippen molar-refractivity contribution in [2.45, 2.75) is 12.5 Å². The Morgan fingerprint density at radius 2 is 2.25 bits per heavy atom. The number of methoxy groups -OCH3 is 1. The lowest BCUT2D eigenvalue weighted by Gasteiger charge is -2.26. The minimum Gasteiger partial charge on any atom is -0.497 e. The fourth-order valence-corrected chi connectivity index (χ4v) is 1.47. The van der Waals surface area contributed by atoms with Crippen LogP contribution < -0.4 is 15.4 Å². The average Bonchev–Trinajstić information content (AvgIpc) is 2.28. The van der Waals surface area contributed by atoms with Crippen LogP contribution in [0.1, 0.15) is 6.92 Å². The zero-order valence-electron chi connectivity index (χ0n) is 9.90. The first-order valence-electron chi connectivity index (χ1n) is 5.04. The van der Waals surface area contributed by atoms with Gasteiger partial charge in [-0.05, 0) is 19.1 Å². The summed E-state index contributed by atoms with van der Waals surface area (Å²) in [6.07, 6.45) is 0. The standard InChI is InChI=1S/C12H17N3O/c1-12(14,8-13)9-15(2)10-5-4-6-11(7-10)16-3/h4-7H,9,14H2,1-3H3. The molecule has 2 N–H and O–H groups in total. The topological polar surface area (TPSA) is 62.3 Å². The third-order valence-electron chi connectivity index (χ3n) is 2.32. The predicted octanol–water partition coefficient (Wildman–Crippen LogP) is 1.37. The van der Waals surface area contributed by atoms with Gasteiger partial charge in [0.1, 0.15) is 11.3 Å². The maximum absolute atomic E-state index is 8.86. The number of nitrogens with two attached hydrogens (primary N) is 1. The molecular weight excluding hydrogens is 202 g/mol. The highest BCUT2D eigenvalue weighted by atomic mass is 16.5. The van der Waals surface area contributed by atoms with Crippen LogP contribution in [0.25, 0.3) is 0 Å². The highest BCUT2D eigenvalue weighted by Gasteiger charge is 2.20. The molecular formula is C12H17N3O. The SMILES string of the molecule is COc1cccc(N(C)CC(C)(N)C#N)c1. The van der Waals surface area contributed by atoms with Gasteiger partial charge < -0.3 is 15.4 Å². The summed E-state index contributed by atoms with van der Waals surface area (Å²) in [7, 11) is 3.53. The van der Waals surface area contributed by atoms with Crippen molar-refractivity contribution in [1.29, 1.82) is 5.26 Å². The maximum Gasteiger partial charge on any atom is 0.120 e. The smallest absolute Gasteiger partial charge is 0.120 e. The van der Waals surface area contributed by atoms with E-state index in [1.165, 1.54) is 0 Å². The fourth-order valence-electron chi connectivity index (χ4n) is 1.47. The minimum absolute atomic E-state index is 0.469. The summed E-state index contributed by atoms with van der Waals surface area (Å²) in [4.78, 5) is 1.94. The molecule has 16 heavy (non-hydrogen) atoms. The maximum atomic E-state index is 8.86. The molecule has 0 bridgehead atoms. The molecule has 1 atom stereocenters. The molecule has 4 heteroatoms. The van der Waals surface area contributed by atoms with Gasteiger partial charge in [-0.3, -0.25) is 0 Å². The molecule has 0 aromatic heterocycles. The van der Waals surface area contributed by atoms with E-state index in [1.54, 1.807) is 14.0 Å². The van der Waals surface area contributed by atoms with Crippen molar-refractivity contribution < 1.29 is 4.74 Å². The molecule has 86 valence electrons. The number of likely N-dealkylation sites (N-methyl/N-ethyl adjacent to an activating group) is 1. The van der Waals surface area contributed by atoms with Crippen LogP contribution in [0.15, 0.2) is 24.3 Å². The number of ether oxygens (including phenoxy) is 1. The van der Waals surface area contributed by atoms with Gasteiger partial charge in [-0.2, -0.15) is 5.26 Å². The van der Waals surface area contributed by atoms with Gasteiger partial charge in [-0.25, -0.2) is 0 Å². The Morgan fingerprint density at radius 3 is 2.81 bits per heavy atom. The zero-order valence-corrected chi connectivity index (χ0v) is 9.90. The van der Waals surface area contributed by atoms with Crippen LogP contribution in [0.3, 0.4) is 0 Å². The number of rotatable bonds is 4. The van der Waals surface area contributed by atoms with Crippen LogP contribution in [-0.4, -0.2) is 26.2 Å². The molecule has 0 saturated heterocycles. The first-order valence-corrected chi connectivity index (χ1v) is 5.04. The predicted molar refractivity (Wildman–Crippen MR) is 64.5 cm³/mol. The van der Waals surface area contributed by atoms with Crippen LogP contribution in [0.5, 0.6) is 5.75 Å². The lowest BCUT2D eigenvalue weighted by atomic mass is 10.1. The Kier molecular flexibility index (Phi) is 3.75. The van der Waals surface area contributed by atoms with Gasteiger partial charge in [0.05, 0.1) is 13.2 Å². The molecule has 0 aliphatic carbocycles. The number of hydrogen-bond acceptors (Lipinski definition) is 4. The summed E-state index contributed by atoms with van der Waals surface area (Å²) in [5.41, 5.74) is 5.92. The van der Waals surface area contributed by atoms with Crippen LogP contribution in [-0.2, 0) is 0 Å². The molecule has 0 heterocycles. The van der Waals surface area contributed by atoms with E-state index in [2.05, 4.69) is 6.07 Å². The van der Waals surface area contributed by atoms with E-state index in [1.807, 2.05) is 36.2 Å². The number of benzene rings is 1. The molecule has 0 saturated carbocycles. The van der Waals surface area contributed by atoms with Gasteiger partial charge in [-0.15, -0.1) is 0 Å². The van der Waals surface area contributed by atoms with Gasteiger partial charge in [0.2, 0.25) is 0 Å². The third kappa shape index (κ3) is 3.14. The Labute approximate surface area is 96.2 Å². The average molecular weight is 219 g/mol. The molecule has 1 unspecified atom stereocenters. The number of nitrogens with zero attached hydrogens (tertiary/aromatic N) is 2. The third-order valence-corrected chi connectivity index (χ3v) is 2.32. The van der Waals surface area contributed by atoms with Crippen molar-refractivity contribution >= 4 is 5.69 Å². The molecule has 4 nitrogen and oxygen atoms in total. The van der Waals surface area contributed by atoms with E-state index < -0.39 is 5.54 Å². The summed E-state index contributed by atoms with van der Waals surface area (Å²) in [6.45, 7) is 2.18. The normalized spacial score (nSPS) is 13.7. The Morgan fingerprint density at radius 1 is 1.56 bits per heavy atom. The first-order chi connectivity index (χ1) is 7.48. The van der Waals surface area contributed by atoms with E-state index in [-0.39, 0.29) is 0 Å². The summed E-state index contributed by atoms with van der Waals surface area (Å²) in [6, 6.07) is 9.73. The quantitative estimate of drug-likeness (QED) is 0.830. The number of anilines is 1. The van der Waals surface area contributed by atoms with Crippen molar-refractivity contribution in [3.05, 3.63) is 24.3 Å². The van der Waals surface area contributed by atoms with E-state index in [0.29, 0.717) is 6.54 Å². The zero-order chi connectivity index (χ0) is 12.2. The van der Waals surface area contributed by atoms with Crippen LogP contribution in [0.4, 0.5) is 5.69 Å². The molecule has 0 radical (unpaired) electrons. The van der Waals surface area contributed by atoms with Crippen molar-refractivity contribution in [2.24, 2.45) is 5.73 Å². The molecule has 0 aliphatic rings. The van der Waals surface area contributed by atoms with Gasteiger partial charge in [-0.1, -0.05) is 6.07 Å². The van der Waals surface area contributed by atoms with Gasteiger partial charge in [0, 0.05) is 25.3 Å². The monoisotopic (exact) mass is 219 g/mol. The first kappa shape index (κ1) is 12.3. The lowest BCUT2D eigenvalue weighted by Crippen LogP contribution is -2.45. The molecule has 0 spiro atoms. The molecule has 1 aromatic rings. The van der Waals surface area contributed by atoms with E-state index in [0.717, 1.165) is 11.4 Å². The Balaban J connectivity index is 2.81. The molecule has 1 rings (SSSR count). The van der Waals surface area contributed by atoms with E-state index >= 15 is 0 Å². The summed E-state index contributed by atoms with van der Waals surface area (Å²) < 4.78 is 5.14. The Hall–Kier alpha value is -1.73. The summed E-state index contributed by atoms with van der Waals surface area (Å²) in [5.74, 6) is 0.792. The Bertz CT molecular complexity index is 395. The second kappa shape index (κ2) is 4.86. The fraction of sp³-hybridized carbons (Fsp3) is 0.417. The molecule has 0 aliphatic heterocycles.